The largest absolute Gasteiger partial charge is 0.481 e. The first-order valence-corrected chi connectivity index (χ1v) is 7.10. The average molecular weight is 282 g/mol. The monoisotopic (exact) mass is 282 g/mol. The normalized spacial score (nSPS) is 17.6. The van der Waals surface area contributed by atoms with Crippen molar-refractivity contribution in [3.63, 3.8) is 0 Å². The fourth-order valence-corrected chi connectivity index (χ4v) is 2.47. The van der Waals surface area contributed by atoms with Crippen LogP contribution in [0.2, 0.25) is 0 Å². The van der Waals surface area contributed by atoms with E-state index in [2.05, 4.69) is 5.32 Å². The SMILES string of the molecule is NCc1ccc(OC2CCc3ccccc3NC2=O)cc1. The molecular weight excluding hydrogens is 264 g/mol. The van der Waals surface area contributed by atoms with Gasteiger partial charge in [-0.25, -0.2) is 0 Å². The molecule has 1 unspecified atom stereocenters. The number of rotatable bonds is 3. The second-order valence-electron chi connectivity index (χ2n) is 5.14. The predicted molar refractivity (Wildman–Crippen MR) is 82.1 cm³/mol. The zero-order chi connectivity index (χ0) is 14.7. The summed E-state index contributed by atoms with van der Waals surface area (Å²) in [6, 6.07) is 15.4. The Hall–Kier alpha value is -2.33. The third-order valence-corrected chi connectivity index (χ3v) is 3.68. The Labute approximate surface area is 123 Å². The molecule has 3 rings (SSSR count). The molecule has 0 saturated heterocycles. The molecule has 1 heterocycles. The molecule has 1 aliphatic rings. The fraction of sp³-hybridized carbons (Fsp3) is 0.235. The number of aryl methyl sites for hydroxylation is 1. The Bertz CT molecular complexity index is 637. The van der Waals surface area contributed by atoms with Gasteiger partial charge < -0.3 is 15.8 Å². The molecule has 2 aromatic carbocycles. The van der Waals surface area contributed by atoms with Crippen molar-refractivity contribution < 1.29 is 9.53 Å². The summed E-state index contributed by atoms with van der Waals surface area (Å²) in [5.41, 5.74) is 8.64. The van der Waals surface area contributed by atoms with Crippen LogP contribution in [0.1, 0.15) is 17.5 Å². The maximum atomic E-state index is 12.2. The molecular formula is C17H18N2O2. The van der Waals surface area contributed by atoms with Crippen LogP contribution in [0.15, 0.2) is 48.5 Å². The summed E-state index contributed by atoms with van der Waals surface area (Å²) in [5, 5.41) is 2.93. The lowest BCUT2D eigenvalue weighted by Crippen LogP contribution is -2.31. The number of fused-ring (bicyclic) bond motifs is 1. The van der Waals surface area contributed by atoms with Crippen LogP contribution in [0, 0.1) is 0 Å². The third-order valence-electron chi connectivity index (χ3n) is 3.68. The number of nitrogens with one attached hydrogen (secondary N) is 1. The summed E-state index contributed by atoms with van der Waals surface area (Å²) in [6.45, 7) is 0.500. The van der Waals surface area contributed by atoms with Crippen LogP contribution >= 0.6 is 0 Å². The summed E-state index contributed by atoms with van der Waals surface area (Å²) < 4.78 is 5.83. The summed E-state index contributed by atoms with van der Waals surface area (Å²) in [6.07, 6.45) is 1.02. The van der Waals surface area contributed by atoms with Crippen molar-refractivity contribution in [2.45, 2.75) is 25.5 Å². The lowest BCUT2D eigenvalue weighted by molar-refractivity contribution is -0.122. The summed E-state index contributed by atoms with van der Waals surface area (Å²) >= 11 is 0. The zero-order valence-corrected chi connectivity index (χ0v) is 11.7. The van der Waals surface area contributed by atoms with E-state index >= 15 is 0 Å². The molecule has 1 amide bonds. The van der Waals surface area contributed by atoms with Crippen LogP contribution in [0.25, 0.3) is 0 Å². The van der Waals surface area contributed by atoms with Gasteiger partial charge in [0.05, 0.1) is 0 Å². The molecule has 3 N–H and O–H groups in total. The maximum absolute atomic E-state index is 12.2. The number of nitrogens with two attached hydrogens (primary N) is 1. The number of hydrogen-bond donors (Lipinski definition) is 2. The van der Waals surface area contributed by atoms with Crippen molar-refractivity contribution in [3.05, 3.63) is 59.7 Å². The van der Waals surface area contributed by atoms with E-state index in [-0.39, 0.29) is 5.91 Å². The maximum Gasteiger partial charge on any atom is 0.265 e. The highest BCUT2D eigenvalue weighted by Gasteiger charge is 2.24. The summed E-state index contributed by atoms with van der Waals surface area (Å²) in [7, 11) is 0. The fourth-order valence-electron chi connectivity index (χ4n) is 2.47. The molecule has 21 heavy (non-hydrogen) atoms. The number of anilines is 1. The molecule has 0 aliphatic carbocycles. The molecule has 4 nitrogen and oxygen atoms in total. The zero-order valence-electron chi connectivity index (χ0n) is 11.7. The van der Waals surface area contributed by atoms with Gasteiger partial charge in [-0.05, 0) is 42.2 Å². The van der Waals surface area contributed by atoms with Crippen molar-refractivity contribution in [2.24, 2.45) is 5.73 Å². The molecule has 0 radical (unpaired) electrons. The Morgan fingerprint density at radius 3 is 2.67 bits per heavy atom. The van der Waals surface area contributed by atoms with Crippen molar-refractivity contribution in [3.8, 4) is 5.75 Å². The molecule has 108 valence electrons. The van der Waals surface area contributed by atoms with E-state index in [1.54, 1.807) is 0 Å². The van der Waals surface area contributed by atoms with E-state index in [0.717, 1.165) is 23.2 Å². The van der Waals surface area contributed by atoms with E-state index in [1.165, 1.54) is 0 Å². The molecule has 0 bridgehead atoms. The standard InChI is InChI=1S/C17H18N2O2/c18-11-12-5-8-14(9-6-12)21-16-10-7-13-3-1-2-4-15(13)19-17(16)20/h1-6,8-9,16H,7,10-11,18H2,(H,19,20). The molecule has 1 atom stereocenters. The van der Waals surface area contributed by atoms with E-state index in [1.807, 2.05) is 48.5 Å². The third kappa shape index (κ3) is 3.06. The van der Waals surface area contributed by atoms with Crippen molar-refractivity contribution in [1.29, 1.82) is 0 Å². The number of benzene rings is 2. The van der Waals surface area contributed by atoms with Crippen LogP contribution in [0.4, 0.5) is 5.69 Å². The van der Waals surface area contributed by atoms with Gasteiger partial charge in [0.2, 0.25) is 0 Å². The lowest BCUT2D eigenvalue weighted by Gasteiger charge is -2.16. The van der Waals surface area contributed by atoms with Gasteiger partial charge in [0.1, 0.15) is 5.75 Å². The van der Waals surface area contributed by atoms with Crippen LogP contribution < -0.4 is 15.8 Å². The highest BCUT2D eigenvalue weighted by atomic mass is 16.5. The minimum absolute atomic E-state index is 0.0946. The first-order chi connectivity index (χ1) is 10.3. The number of para-hydroxylation sites is 1. The number of amides is 1. The van der Waals surface area contributed by atoms with Crippen LogP contribution in [0.3, 0.4) is 0 Å². The molecule has 2 aromatic rings. The lowest BCUT2D eigenvalue weighted by atomic mass is 10.1. The molecule has 0 saturated carbocycles. The summed E-state index contributed by atoms with van der Waals surface area (Å²) in [5.74, 6) is 0.598. The molecule has 1 aliphatic heterocycles. The predicted octanol–water partition coefficient (Wildman–Crippen LogP) is 2.48. The van der Waals surface area contributed by atoms with Gasteiger partial charge in [0.15, 0.2) is 6.10 Å². The van der Waals surface area contributed by atoms with Gasteiger partial charge in [0.25, 0.3) is 5.91 Å². The van der Waals surface area contributed by atoms with Gasteiger partial charge in [-0.2, -0.15) is 0 Å². The second-order valence-corrected chi connectivity index (χ2v) is 5.14. The van der Waals surface area contributed by atoms with Gasteiger partial charge >= 0.3 is 0 Å². The van der Waals surface area contributed by atoms with E-state index in [0.29, 0.717) is 18.7 Å². The van der Waals surface area contributed by atoms with Crippen molar-refractivity contribution >= 4 is 11.6 Å². The quantitative estimate of drug-likeness (QED) is 0.909. The molecule has 4 heteroatoms. The van der Waals surface area contributed by atoms with E-state index in [9.17, 15) is 4.79 Å². The highest BCUT2D eigenvalue weighted by Crippen LogP contribution is 2.24. The summed E-state index contributed by atoms with van der Waals surface area (Å²) in [4.78, 5) is 12.2. The van der Waals surface area contributed by atoms with Crippen molar-refractivity contribution in [2.75, 3.05) is 5.32 Å². The number of carbonyl (C=O) groups excluding carboxylic acids is 1. The highest BCUT2D eigenvalue weighted by molar-refractivity contribution is 5.95. The first-order valence-electron chi connectivity index (χ1n) is 7.10. The van der Waals surface area contributed by atoms with E-state index < -0.39 is 6.10 Å². The molecule has 0 fully saturated rings. The number of carbonyl (C=O) groups is 1. The topological polar surface area (TPSA) is 64.3 Å². The van der Waals surface area contributed by atoms with Crippen LogP contribution in [-0.2, 0) is 17.8 Å². The minimum atomic E-state index is -0.471. The second kappa shape index (κ2) is 5.97. The van der Waals surface area contributed by atoms with Gasteiger partial charge in [-0.1, -0.05) is 30.3 Å². The smallest absolute Gasteiger partial charge is 0.265 e. The number of ether oxygens (including phenoxy) is 1. The Morgan fingerprint density at radius 2 is 1.90 bits per heavy atom. The Balaban J connectivity index is 1.73. The van der Waals surface area contributed by atoms with Crippen LogP contribution in [-0.4, -0.2) is 12.0 Å². The average Bonchev–Trinajstić information content (AvgIpc) is 2.67. The van der Waals surface area contributed by atoms with E-state index in [4.69, 9.17) is 10.5 Å². The van der Waals surface area contributed by atoms with Crippen molar-refractivity contribution in [1.82, 2.24) is 0 Å². The molecule has 0 aromatic heterocycles. The molecule has 0 spiro atoms. The minimum Gasteiger partial charge on any atom is -0.481 e. The number of hydrogen-bond acceptors (Lipinski definition) is 3. The van der Waals surface area contributed by atoms with Gasteiger partial charge in [0, 0.05) is 12.2 Å². The first kappa shape index (κ1) is 13.6. The van der Waals surface area contributed by atoms with Gasteiger partial charge in [-0.15, -0.1) is 0 Å². The van der Waals surface area contributed by atoms with Crippen LogP contribution in [0.5, 0.6) is 5.75 Å². The Morgan fingerprint density at radius 1 is 1.14 bits per heavy atom. The Kier molecular flexibility index (Phi) is 3.88. The van der Waals surface area contributed by atoms with Gasteiger partial charge in [-0.3, -0.25) is 4.79 Å².